The van der Waals surface area contributed by atoms with E-state index in [-0.39, 0.29) is 29.6 Å². The van der Waals surface area contributed by atoms with E-state index in [1.54, 1.807) is 22.7 Å². The molecule has 2 aromatic heterocycles. The summed E-state index contributed by atoms with van der Waals surface area (Å²) in [7, 11) is 2.15. The van der Waals surface area contributed by atoms with Gasteiger partial charge in [-0.3, -0.25) is 19.3 Å². The molecule has 2 saturated carbocycles. The highest BCUT2D eigenvalue weighted by Crippen LogP contribution is 2.32. The highest BCUT2D eigenvalue weighted by molar-refractivity contribution is 7.15. The van der Waals surface area contributed by atoms with Gasteiger partial charge in [-0.05, 0) is 85.5 Å². The molecule has 0 saturated heterocycles. The Kier molecular flexibility index (Phi) is 19.4. The van der Waals surface area contributed by atoms with E-state index in [9.17, 15) is 19.2 Å². The maximum Gasteiger partial charge on any atom is 0.227 e. The second-order valence-corrected chi connectivity index (χ2v) is 18.0. The first-order chi connectivity index (χ1) is 30.6. The van der Waals surface area contributed by atoms with Crippen LogP contribution in [0.3, 0.4) is 0 Å². The first-order valence-corrected chi connectivity index (χ1v) is 23.4. The summed E-state index contributed by atoms with van der Waals surface area (Å²) in [6.07, 6.45) is 11.9. The number of hydrogen-bond donors (Lipinski definition) is 2. The van der Waals surface area contributed by atoms with Gasteiger partial charge in [0, 0.05) is 37.2 Å². The molecule has 4 aromatic carbocycles. The summed E-state index contributed by atoms with van der Waals surface area (Å²) in [6.45, 7) is 7.57. The number of hydrogen-bond acceptors (Lipinski definition) is 9. The van der Waals surface area contributed by atoms with Crippen molar-refractivity contribution in [2.75, 3.05) is 20.1 Å². The van der Waals surface area contributed by atoms with Crippen LogP contribution in [0.25, 0.3) is 32.0 Å². The Balaban J connectivity index is 0.000000287. The maximum absolute atomic E-state index is 13.0. The zero-order valence-electron chi connectivity index (χ0n) is 36.7. The SMILES string of the molecule is CCCN(C)Cc1ncc(-c2ccc(-c3ccc(-c4cnc(CN(CCC)C(=O)Cc5ccccc5)s4)cc3)cc2)s1.NC(=O)C1CC1.NC(=O)C1CC1.O=CCc1ccccc1. The van der Waals surface area contributed by atoms with Gasteiger partial charge in [0.25, 0.3) is 0 Å². The molecule has 0 spiro atoms. The van der Waals surface area contributed by atoms with Crippen LogP contribution in [0.2, 0.25) is 0 Å². The summed E-state index contributed by atoms with van der Waals surface area (Å²) in [5.74, 6) is 0.366. The van der Waals surface area contributed by atoms with E-state index in [4.69, 9.17) is 11.5 Å². The molecule has 2 aliphatic rings. The highest BCUT2D eigenvalue weighted by Gasteiger charge is 2.27. The van der Waals surface area contributed by atoms with Crippen LogP contribution in [0.5, 0.6) is 0 Å². The van der Waals surface area contributed by atoms with Crippen LogP contribution in [-0.4, -0.2) is 63.9 Å². The Morgan fingerprint density at radius 2 is 1.05 bits per heavy atom. The van der Waals surface area contributed by atoms with E-state index in [1.807, 2.05) is 78.0 Å². The first kappa shape index (κ1) is 48.2. The molecule has 0 aliphatic heterocycles. The number of aromatic nitrogens is 2. The van der Waals surface area contributed by atoms with E-state index >= 15 is 0 Å². The zero-order chi connectivity index (χ0) is 45.0. The van der Waals surface area contributed by atoms with Gasteiger partial charge in [0.05, 0.1) is 29.3 Å². The number of rotatable bonds is 17. The van der Waals surface area contributed by atoms with E-state index in [0.717, 1.165) is 96.0 Å². The van der Waals surface area contributed by atoms with Crippen LogP contribution in [-0.2, 0) is 45.1 Å². The van der Waals surface area contributed by atoms with E-state index in [2.05, 4.69) is 84.3 Å². The van der Waals surface area contributed by atoms with Crippen molar-refractivity contribution in [1.82, 2.24) is 19.8 Å². The number of aldehydes is 1. The van der Waals surface area contributed by atoms with Crippen molar-refractivity contribution in [1.29, 1.82) is 0 Å². The lowest BCUT2D eigenvalue weighted by Crippen LogP contribution is -2.32. The molecule has 2 aliphatic carbocycles. The van der Waals surface area contributed by atoms with Crippen molar-refractivity contribution in [2.45, 2.75) is 78.3 Å². The summed E-state index contributed by atoms with van der Waals surface area (Å²) in [5, 5.41) is 2.12. The quantitative estimate of drug-likeness (QED) is 0.0866. The third-order valence-electron chi connectivity index (χ3n) is 10.3. The third kappa shape index (κ3) is 16.8. The minimum atomic E-state index is -0.130. The number of nitrogens with zero attached hydrogens (tertiary/aromatic N) is 4. The van der Waals surface area contributed by atoms with Crippen LogP contribution < -0.4 is 11.5 Å². The summed E-state index contributed by atoms with van der Waals surface area (Å²) in [4.78, 5) is 58.8. The summed E-state index contributed by atoms with van der Waals surface area (Å²) in [6, 6.07) is 37.0. The molecule has 12 heteroatoms. The number of benzene rings is 4. The molecule has 6 aromatic rings. The molecule has 0 atom stereocenters. The van der Waals surface area contributed by atoms with Crippen LogP contribution in [0.1, 0.15) is 73.5 Å². The molecular weight excluding hydrogens is 825 g/mol. The van der Waals surface area contributed by atoms with Gasteiger partial charge in [-0.15, -0.1) is 22.7 Å². The van der Waals surface area contributed by atoms with E-state index in [1.165, 1.54) is 21.6 Å². The van der Waals surface area contributed by atoms with Crippen molar-refractivity contribution in [3.05, 3.63) is 143 Å². The van der Waals surface area contributed by atoms with Crippen molar-refractivity contribution in [3.63, 3.8) is 0 Å². The second-order valence-electron chi connectivity index (χ2n) is 15.8. The van der Waals surface area contributed by atoms with Gasteiger partial charge in [-0.2, -0.15) is 0 Å². The Bertz CT molecular complexity index is 2280. The molecule has 2 fully saturated rings. The molecule has 330 valence electrons. The number of carbonyl (C=O) groups excluding carboxylic acids is 4. The Hall–Kier alpha value is -5.82. The number of nitrogens with two attached hydrogens (primary N) is 2. The minimum absolute atomic E-state index is 0.130. The first-order valence-electron chi connectivity index (χ1n) is 21.7. The van der Waals surface area contributed by atoms with Crippen molar-refractivity contribution >= 4 is 46.7 Å². The van der Waals surface area contributed by atoms with Crippen LogP contribution in [0.4, 0.5) is 0 Å². The predicted molar refractivity (Wildman–Crippen MR) is 257 cm³/mol. The molecule has 8 rings (SSSR count). The van der Waals surface area contributed by atoms with Gasteiger partial charge in [0.15, 0.2) is 0 Å². The maximum atomic E-state index is 13.0. The fourth-order valence-corrected chi connectivity index (χ4v) is 8.38. The molecule has 2 heterocycles. The average molecular weight is 885 g/mol. The molecule has 63 heavy (non-hydrogen) atoms. The topological polar surface area (TPSA) is 153 Å². The number of amides is 3. The standard InChI is InChI=1S/C35H38N4OS2.C8H8O.2C4H7NO/c1-4-19-38(3)24-33-36-22-31(41-33)29-15-11-27(12-16-29)28-13-17-30(18-14-28)32-23-37-34(42-32)25-39(20-5-2)35(40)21-26-9-7-6-8-10-26;9-7-6-8-4-2-1-3-5-8;2*5-4(6)3-1-2-3/h6-18,22-23H,4-5,19-21,24-25H2,1-3H3;1-5,7H,6H2;2*3H,1-2H2,(H2,5,6). The summed E-state index contributed by atoms with van der Waals surface area (Å²) >= 11 is 3.43. The highest BCUT2D eigenvalue weighted by atomic mass is 32.1. The molecule has 3 amide bonds. The van der Waals surface area contributed by atoms with Crippen molar-refractivity contribution < 1.29 is 19.2 Å². The van der Waals surface area contributed by atoms with Gasteiger partial charge in [0.2, 0.25) is 17.7 Å². The lowest BCUT2D eigenvalue weighted by molar-refractivity contribution is -0.131. The number of carbonyl (C=O) groups is 4. The molecule has 0 bridgehead atoms. The Labute approximate surface area is 380 Å². The lowest BCUT2D eigenvalue weighted by atomic mass is 10.0. The third-order valence-corrected chi connectivity index (χ3v) is 12.3. The molecule has 0 radical (unpaired) electrons. The summed E-state index contributed by atoms with van der Waals surface area (Å²) < 4.78 is 0. The fourth-order valence-electron chi connectivity index (χ4n) is 6.43. The number of primary amides is 2. The Morgan fingerprint density at radius 3 is 1.44 bits per heavy atom. The normalized spacial score (nSPS) is 12.7. The molecule has 4 N–H and O–H groups in total. The second kappa shape index (κ2) is 25.3. The molecule has 0 unspecified atom stereocenters. The van der Waals surface area contributed by atoms with E-state index in [0.29, 0.717) is 19.4 Å². The predicted octanol–water partition coefficient (Wildman–Crippen LogP) is 9.62. The van der Waals surface area contributed by atoms with Gasteiger partial charge in [-0.1, -0.05) is 123 Å². The lowest BCUT2D eigenvalue weighted by Gasteiger charge is -2.21. The van der Waals surface area contributed by atoms with Gasteiger partial charge in [0.1, 0.15) is 16.3 Å². The average Bonchev–Trinajstić information content (AvgIpc) is 4.24. The van der Waals surface area contributed by atoms with Crippen LogP contribution >= 0.6 is 22.7 Å². The van der Waals surface area contributed by atoms with Gasteiger partial charge in [-0.25, -0.2) is 9.97 Å². The number of thiazole rings is 2. The van der Waals surface area contributed by atoms with E-state index < -0.39 is 0 Å². The fraction of sp³-hybridized carbons (Fsp3) is 0.333. The minimum Gasteiger partial charge on any atom is -0.369 e. The summed E-state index contributed by atoms with van der Waals surface area (Å²) in [5.41, 5.74) is 16.6. The van der Waals surface area contributed by atoms with Crippen molar-refractivity contribution in [3.8, 4) is 32.0 Å². The Morgan fingerprint density at radius 1 is 0.619 bits per heavy atom. The van der Waals surface area contributed by atoms with Crippen molar-refractivity contribution in [2.24, 2.45) is 23.3 Å². The van der Waals surface area contributed by atoms with Gasteiger partial charge < -0.3 is 21.2 Å². The van der Waals surface area contributed by atoms with Gasteiger partial charge >= 0.3 is 0 Å². The van der Waals surface area contributed by atoms with Crippen LogP contribution in [0, 0.1) is 11.8 Å². The largest absolute Gasteiger partial charge is 0.369 e. The molecular formula is C51H60N6O4S2. The smallest absolute Gasteiger partial charge is 0.227 e. The zero-order valence-corrected chi connectivity index (χ0v) is 38.3. The monoisotopic (exact) mass is 884 g/mol. The molecule has 10 nitrogen and oxygen atoms in total. The van der Waals surface area contributed by atoms with Crippen LogP contribution in [0.15, 0.2) is 122 Å².